The number of rotatable bonds is 12. The Labute approximate surface area is 488 Å². The van der Waals surface area contributed by atoms with E-state index in [9.17, 15) is 0 Å². The average molecular weight is 1140 g/mol. The Balaban J connectivity index is 0.000000449. The predicted octanol–water partition coefficient (Wildman–Crippen LogP) is 14.7. The minimum atomic E-state index is 0. The molecule has 0 fully saturated rings. The maximum Gasteiger partial charge on any atom is 3.00 e. The molecule has 0 saturated carbocycles. The van der Waals surface area contributed by atoms with Crippen LogP contribution in [0.2, 0.25) is 0 Å². The Kier molecular flexibility index (Phi) is 29.6. The van der Waals surface area contributed by atoms with Gasteiger partial charge in [0.15, 0.2) is 0 Å². The van der Waals surface area contributed by atoms with Crippen LogP contribution in [0.4, 0.5) is 0 Å². The van der Waals surface area contributed by atoms with Gasteiger partial charge in [0.2, 0.25) is 0 Å². The average Bonchev–Trinajstić information content (AvgIpc) is 4.14. The molecule has 0 unspecified atom stereocenters. The molecule has 2 aliphatic rings. The Morgan fingerprint density at radius 2 is 0.475 bits per heavy atom. The first-order valence-corrected chi connectivity index (χ1v) is 27.6. The number of aromatic nitrogens is 8. The summed E-state index contributed by atoms with van der Waals surface area (Å²) in [7, 11) is 7.13. The number of benzene rings is 4. The van der Waals surface area contributed by atoms with Gasteiger partial charge in [-0.05, 0) is 68.9 Å². The van der Waals surface area contributed by atoms with E-state index in [0.29, 0.717) is 118 Å². The monoisotopic (exact) mass is 1140 g/mol. The fourth-order valence-corrected chi connectivity index (χ4v) is 10.7. The topological polar surface area (TPSA) is 198 Å². The van der Waals surface area contributed by atoms with Crippen molar-refractivity contribution in [3.63, 3.8) is 0 Å². The van der Waals surface area contributed by atoms with Crippen molar-refractivity contribution < 1.29 is 41.2 Å². The molecule has 3 aromatic heterocycles. The summed E-state index contributed by atoms with van der Waals surface area (Å²) in [4.78, 5) is 39.3. The third-order valence-corrected chi connectivity index (χ3v) is 13.7. The van der Waals surface area contributed by atoms with Crippen LogP contribution in [0.1, 0.15) is 111 Å². The molecule has 80 heavy (non-hydrogen) atoms. The van der Waals surface area contributed by atoms with Gasteiger partial charge in [0, 0.05) is 73.3 Å². The first-order chi connectivity index (χ1) is 37.2. The molecular weight excluding hydrogens is 1050 g/mol. The number of nitrogens with zero attached hydrogens (tertiary/aromatic N) is 9. The van der Waals surface area contributed by atoms with Crippen molar-refractivity contribution in [3.05, 3.63) is 104 Å². The first kappa shape index (κ1) is 70.1. The molecule has 14 nitrogen and oxygen atoms in total. The molecule has 2 aliphatic heterocycles. The fraction of sp³-hybridized carbons (Fsp3) is 0.492. The summed E-state index contributed by atoms with van der Waals surface area (Å²) in [6.07, 6.45) is 1.69. The third kappa shape index (κ3) is 18.0. The Morgan fingerprint density at radius 3 is 0.613 bits per heavy atom. The van der Waals surface area contributed by atoms with Crippen LogP contribution < -0.4 is 9.97 Å². The number of fused-ring (bicyclic) bond motifs is 20. The van der Waals surface area contributed by atoms with Gasteiger partial charge < -0.3 is 66.2 Å². The van der Waals surface area contributed by atoms with E-state index in [1.807, 2.05) is 97.1 Å². The van der Waals surface area contributed by atoms with E-state index in [0.717, 1.165) is 43.8 Å². The van der Waals surface area contributed by atoms with Gasteiger partial charge in [0.05, 0.1) is 47.7 Å². The fourth-order valence-electron chi connectivity index (χ4n) is 10.7. The molecule has 0 amide bonds. The summed E-state index contributed by atoms with van der Waals surface area (Å²) < 4.78 is 21.1. The smallest absolute Gasteiger partial charge is 0.512 e. The molecule has 5 heterocycles. The van der Waals surface area contributed by atoms with E-state index in [4.69, 9.17) is 70.7 Å². The zero-order chi connectivity index (χ0) is 58.0. The van der Waals surface area contributed by atoms with Gasteiger partial charge in [-0.25, -0.2) is 9.97 Å². The molecule has 0 aliphatic carbocycles. The summed E-state index contributed by atoms with van der Waals surface area (Å²) in [5.74, 6) is 7.28. The number of hydrogen-bond donors (Lipinski definition) is 0. The summed E-state index contributed by atoms with van der Waals surface area (Å²) >= 11 is 0. The molecule has 7 aromatic rings. The number of hydrogen-bond acceptors (Lipinski definition) is 11. The Bertz CT molecular complexity index is 2710. The number of ether oxygens (including phenoxy) is 4. The van der Waals surface area contributed by atoms with E-state index in [1.165, 1.54) is 0 Å². The maximum atomic E-state index is 6.25. The van der Waals surface area contributed by atoms with Crippen molar-refractivity contribution in [1.82, 2.24) is 39.9 Å². The van der Waals surface area contributed by atoms with Gasteiger partial charge in [-0.3, -0.25) is 0 Å². The van der Waals surface area contributed by atoms with Gasteiger partial charge in [0.25, 0.3) is 0 Å². The summed E-state index contributed by atoms with van der Waals surface area (Å²) in [5.41, 5.74) is 5.78. The summed E-state index contributed by atoms with van der Waals surface area (Å²) in [5, 5.41) is 9.82. The normalized spacial score (nSPS) is 11.4. The second kappa shape index (κ2) is 33.7. The Morgan fingerprint density at radius 1 is 0.312 bits per heavy atom. The number of methoxy groups -OCH3 is 4. The van der Waals surface area contributed by atoms with E-state index in [-0.39, 0.29) is 22.3 Å². The molecule has 0 saturated heterocycles. The van der Waals surface area contributed by atoms with E-state index >= 15 is 0 Å². The molecule has 0 spiro atoms. The minimum Gasteiger partial charge on any atom is -0.512 e. The van der Waals surface area contributed by atoms with Gasteiger partial charge >= 0.3 is 16.8 Å². The van der Waals surface area contributed by atoms with Gasteiger partial charge in [0.1, 0.15) is 0 Å². The standard InChI is InChI=1S/C32H16N8.4C8H18O.CN.Co.H2O/c1-2-10-18-17(9-1)25-33-26(18)38-28-21-13-5-6-14-22(21)30(35-28)40-32-24-16-8-7-15-23(24)31(36-32)39-29-20-12-4-3-11-19(20)27(34-29)37-25;4*1-6(2)8(9-5)7(3)4;1-2;;/h1-16H;4*6-8H,1-5H3;;;1H2/q-2;;;;;-1;+3;. The molecule has 434 valence electrons. The molecule has 0 radical (unpaired) electrons. The van der Waals surface area contributed by atoms with E-state index in [1.54, 1.807) is 28.4 Å². The van der Waals surface area contributed by atoms with Crippen LogP contribution in [0.15, 0.2) is 97.1 Å². The van der Waals surface area contributed by atoms with Crippen LogP contribution in [0.25, 0.3) is 89.7 Å². The second-order valence-electron chi connectivity index (χ2n) is 22.4. The molecule has 8 bridgehead atoms. The predicted molar refractivity (Wildman–Crippen MR) is 324 cm³/mol. The molecular formula is C65H90CoN9O5. The van der Waals surface area contributed by atoms with E-state index in [2.05, 4.69) is 111 Å². The van der Waals surface area contributed by atoms with Crippen LogP contribution in [-0.4, -0.2) is 88.2 Å². The molecule has 4 aromatic carbocycles. The van der Waals surface area contributed by atoms with E-state index < -0.39 is 0 Å². The quantitative estimate of drug-likeness (QED) is 0.105. The van der Waals surface area contributed by atoms with Crippen LogP contribution >= 0.6 is 0 Å². The minimum absolute atomic E-state index is 0. The van der Waals surface area contributed by atoms with Crippen LogP contribution in [0, 0.1) is 59.2 Å². The van der Waals surface area contributed by atoms with Crippen LogP contribution in [-0.2, 0) is 35.7 Å². The molecule has 0 atom stereocenters. The van der Waals surface area contributed by atoms with Crippen molar-refractivity contribution >= 4 is 44.1 Å². The van der Waals surface area contributed by atoms with Crippen molar-refractivity contribution in [2.75, 3.05) is 28.4 Å². The summed E-state index contributed by atoms with van der Waals surface area (Å²) in [6, 6.07) is 31.8. The van der Waals surface area contributed by atoms with Gasteiger partial charge in [-0.2, -0.15) is 0 Å². The van der Waals surface area contributed by atoms with Crippen molar-refractivity contribution in [1.29, 1.82) is 5.26 Å². The van der Waals surface area contributed by atoms with Gasteiger partial charge in [-0.1, -0.05) is 208 Å². The molecule has 9 rings (SSSR count). The van der Waals surface area contributed by atoms with Gasteiger partial charge in [-0.15, -0.1) is 0 Å². The largest absolute Gasteiger partial charge is 3.00 e. The summed E-state index contributed by atoms with van der Waals surface area (Å²) in [6.45, 7) is 39.8. The SMILES string of the molecule is COC(C(C)C)C(C)C.COC(C(C)C)C(C)C.COC(C(C)C)C(C)C.COC(C(C)C)C(C)C.O.[C-]#N.[Co+3].c1ccc2c(c1)-c1nc-2nc2[n-]c(nc3nc(nc4[n-]c(n1)c1ccccc41)-c1ccccc1-3)c1ccccc21. The van der Waals surface area contributed by atoms with Crippen molar-refractivity contribution in [2.24, 2.45) is 47.3 Å². The second-order valence-corrected chi connectivity index (χ2v) is 22.4. The first-order valence-electron chi connectivity index (χ1n) is 27.6. The van der Waals surface area contributed by atoms with Crippen molar-refractivity contribution in [2.45, 2.75) is 135 Å². The zero-order valence-electron chi connectivity index (χ0n) is 51.2. The molecule has 2 N–H and O–H groups in total. The Hall–Kier alpha value is -5.96. The van der Waals surface area contributed by atoms with Crippen LogP contribution in [0.3, 0.4) is 0 Å². The maximum absolute atomic E-state index is 6.25. The third-order valence-electron chi connectivity index (χ3n) is 13.7. The van der Waals surface area contributed by atoms with Crippen LogP contribution in [0.5, 0.6) is 0 Å². The van der Waals surface area contributed by atoms with Crippen molar-refractivity contribution in [3.8, 4) is 45.6 Å². The molecule has 15 heteroatoms. The zero-order valence-corrected chi connectivity index (χ0v) is 52.2.